The van der Waals surface area contributed by atoms with E-state index < -0.39 is 11.1 Å². The molecule has 0 aliphatic heterocycles. The van der Waals surface area contributed by atoms with Crippen LogP contribution in [0.2, 0.25) is 10.0 Å². The van der Waals surface area contributed by atoms with E-state index in [0.717, 1.165) is 0 Å². The number of halogens is 2. The number of amides is 1. The summed E-state index contributed by atoms with van der Waals surface area (Å²) in [5.74, 6) is -0.178. The Labute approximate surface area is 169 Å². The summed E-state index contributed by atoms with van der Waals surface area (Å²) in [7, 11) is 0. The van der Waals surface area contributed by atoms with Crippen LogP contribution in [0.25, 0.3) is 12.2 Å². The number of aromatic nitrogens is 2. The maximum Gasteiger partial charge on any atom is 0.272 e. The molecule has 1 amide bonds. The van der Waals surface area contributed by atoms with Gasteiger partial charge in [-0.05, 0) is 42.0 Å². The first-order valence-electron chi connectivity index (χ1n) is 8.21. The highest BCUT2D eigenvalue weighted by Crippen LogP contribution is 2.24. The molecule has 28 heavy (non-hydrogen) atoms. The van der Waals surface area contributed by atoms with Gasteiger partial charge in [0.15, 0.2) is 0 Å². The Bertz CT molecular complexity index is 1260. The van der Waals surface area contributed by atoms with Gasteiger partial charge in [0.2, 0.25) is 5.91 Å². The highest BCUT2D eigenvalue weighted by molar-refractivity contribution is 6.37. The van der Waals surface area contributed by atoms with Gasteiger partial charge in [-0.15, -0.1) is 0 Å². The SMILES string of the molecule is CC(=O)Nc1ccc(C=c2[nH]c(=O)c(=Cc3c(Cl)cccc3Cl)[nH]c2=O)cc1. The van der Waals surface area contributed by atoms with Crippen molar-refractivity contribution >= 4 is 46.9 Å². The molecular formula is C20H15Cl2N3O3. The van der Waals surface area contributed by atoms with E-state index in [0.29, 0.717) is 26.9 Å². The second-order valence-corrected chi connectivity index (χ2v) is 6.78. The molecule has 0 saturated heterocycles. The van der Waals surface area contributed by atoms with Gasteiger partial charge in [0.1, 0.15) is 10.7 Å². The zero-order valence-electron chi connectivity index (χ0n) is 14.7. The summed E-state index contributed by atoms with van der Waals surface area (Å²) in [5, 5.41) is 3.52. The summed E-state index contributed by atoms with van der Waals surface area (Å²) in [6.45, 7) is 1.42. The van der Waals surface area contributed by atoms with Gasteiger partial charge in [-0.25, -0.2) is 0 Å². The topological polar surface area (TPSA) is 94.8 Å². The lowest BCUT2D eigenvalue weighted by atomic mass is 10.2. The van der Waals surface area contributed by atoms with Gasteiger partial charge in [-0.3, -0.25) is 14.4 Å². The van der Waals surface area contributed by atoms with Crippen LogP contribution in [0, 0.1) is 0 Å². The smallest absolute Gasteiger partial charge is 0.272 e. The van der Waals surface area contributed by atoms with Crippen molar-refractivity contribution in [3.05, 3.63) is 95.0 Å². The molecule has 0 radical (unpaired) electrons. The first-order valence-corrected chi connectivity index (χ1v) is 8.97. The van der Waals surface area contributed by atoms with Crippen molar-refractivity contribution in [2.75, 3.05) is 5.32 Å². The maximum absolute atomic E-state index is 12.4. The number of rotatable bonds is 3. The Morgan fingerprint density at radius 1 is 0.893 bits per heavy atom. The molecule has 8 heteroatoms. The van der Waals surface area contributed by atoms with Crippen LogP contribution in [0.5, 0.6) is 0 Å². The molecule has 1 aromatic heterocycles. The predicted molar refractivity (Wildman–Crippen MR) is 111 cm³/mol. The fourth-order valence-corrected chi connectivity index (χ4v) is 3.03. The monoisotopic (exact) mass is 415 g/mol. The third-order valence-corrected chi connectivity index (χ3v) is 4.48. The molecule has 3 rings (SSSR count). The molecule has 0 spiro atoms. The van der Waals surface area contributed by atoms with Crippen LogP contribution in [0.3, 0.4) is 0 Å². The van der Waals surface area contributed by atoms with Crippen molar-refractivity contribution in [3.8, 4) is 0 Å². The zero-order chi connectivity index (χ0) is 20.3. The molecule has 142 valence electrons. The summed E-state index contributed by atoms with van der Waals surface area (Å²) >= 11 is 12.2. The van der Waals surface area contributed by atoms with E-state index in [1.54, 1.807) is 42.5 Å². The number of anilines is 1. The van der Waals surface area contributed by atoms with Crippen molar-refractivity contribution < 1.29 is 4.79 Å². The van der Waals surface area contributed by atoms with Gasteiger partial charge >= 0.3 is 0 Å². The van der Waals surface area contributed by atoms with Crippen LogP contribution >= 0.6 is 23.2 Å². The molecule has 3 N–H and O–H groups in total. The van der Waals surface area contributed by atoms with Crippen molar-refractivity contribution in [3.63, 3.8) is 0 Å². The van der Waals surface area contributed by atoms with Crippen molar-refractivity contribution in [2.45, 2.75) is 6.92 Å². The molecule has 2 aromatic carbocycles. The second kappa shape index (κ2) is 8.29. The lowest BCUT2D eigenvalue weighted by Crippen LogP contribution is -2.46. The molecule has 0 fully saturated rings. The number of aromatic amines is 2. The average molecular weight is 416 g/mol. The molecule has 0 aliphatic carbocycles. The fraction of sp³-hybridized carbons (Fsp3) is 0.0500. The van der Waals surface area contributed by atoms with Crippen LogP contribution in [0.1, 0.15) is 18.1 Å². The second-order valence-electron chi connectivity index (χ2n) is 5.96. The van der Waals surface area contributed by atoms with Crippen LogP contribution in [0.15, 0.2) is 52.1 Å². The summed E-state index contributed by atoms with van der Waals surface area (Å²) in [5.41, 5.74) is 0.795. The van der Waals surface area contributed by atoms with E-state index in [4.69, 9.17) is 23.2 Å². The third-order valence-electron chi connectivity index (χ3n) is 3.82. The Kier molecular flexibility index (Phi) is 5.82. The van der Waals surface area contributed by atoms with Crippen LogP contribution in [-0.2, 0) is 4.79 Å². The molecule has 3 aromatic rings. The molecule has 6 nitrogen and oxygen atoms in total. The van der Waals surface area contributed by atoms with Gasteiger partial charge in [0.05, 0.1) is 0 Å². The minimum Gasteiger partial charge on any atom is -0.326 e. The van der Waals surface area contributed by atoms with Crippen molar-refractivity contribution in [1.82, 2.24) is 9.97 Å². The Balaban J connectivity index is 2.04. The third kappa shape index (κ3) is 4.60. The van der Waals surface area contributed by atoms with Gasteiger partial charge in [-0.2, -0.15) is 0 Å². The Morgan fingerprint density at radius 3 is 1.96 bits per heavy atom. The van der Waals surface area contributed by atoms with Gasteiger partial charge in [-0.1, -0.05) is 41.4 Å². The highest BCUT2D eigenvalue weighted by atomic mass is 35.5. The van der Waals surface area contributed by atoms with E-state index in [9.17, 15) is 14.4 Å². The number of H-pyrrole nitrogens is 2. The summed E-state index contributed by atoms with van der Waals surface area (Å²) in [4.78, 5) is 40.9. The van der Waals surface area contributed by atoms with Gasteiger partial charge in [0, 0.05) is 28.2 Å². The number of carbonyl (C=O) groups excluding carboxylic acids is 1. The number of benzene rings is 2. The van der Waals surface area contributed by atoms with Crippen molar-refractivity contribution in [1.29, 1.82) is 0 Å². The molecule has 0 atom stereocenters. The first-order chi connectivity index (χ1) is 13.3. The van der Waals surface area contributed by atoms with Crippen LogP contribution < -0.4 is 27.1 Å². The Morgan fingerprint density at radius 2 is 1.43 bits per heavy atom. The normalized spacial score (nSPS) is 12.2. The molecule has 0 saturated carbocycles. The van der Waals surface area contributed by atoms with Crippen molar-refractivity contribution in [2.24, 2.45) is 0 Å². The fourth-order valence-electron chi connectivity index (χ4n) is 2.52. The van der Waals surface area contributed by atoms with Crippen LogP contribution in [-0.4, -0.2) is 15.9 Å². The molecule has 1 heterocycles. The van der Waals surface area contributed by atoms with E-state index in [-0.39, 0.29) is 16.6 Å². The minimum absolute atomic E-state index is 0.0400. The number of nitrogens with one attached hydrogen (secondary N) is 3. The predicted octanol–water partition coefficient (Wildman–Crippen LogP) is 1.99. The molecule has 0 unspecified atom stereocenters. The zero-order valence-corrected chi connectivity index (χ0v) is 16.2. The summed E-state index contributed by atoms with van der Waals surface area (Å²) < 4.78 is 0. The maximum atomic E-state index is 12.4. The molecular weight excluding hydrogens is 401 g/mol. The summed E-state index contributed by atoms with van der Waals surface area (Å²) in [6.07, 6.45) is 2.96. The minimum atomic E-state index is -0.489. The largest absolute Gasteiger partial charge is 0.326 e. The Hall–Kier alpha value is -3.09. The molecule has 0 aliphatic rings. The van der Waals surface area contributed by atoms with Crippen LogP contribution in [0.4, 0.5) is 5.69 Å². The summed E-state index contributed by atoms with van der Waals surface area (Å²) in [6, 6.07) is 11.8. The van der Waals surface area contributed by atoms with E-state index in [1.807, 2.05) is 0 Å². The quantitative estimate of drug-likeness (QED) is 0.610. The lowest BCUT2D eigenvalue weighted by Gasteiger charge is -2.01. The highest BCUT2D eigenvalue weighted by Gasteiger charge is 2.04. The van der Waals surface area contributed by atoms with E-state index in [2.05, 4.69) is 15.3 Å². The number of carbonyl (C=O) groups is 1. The number of hydrogen-bond donors (Lipinski definition) is 3. The van der Waals surface area contributed by atoms with E-state index in [1.165, 1.54) is 19.1 Å². The van der Waals surface area contributed by atoms with Gasteiger partial charge in [0.25, 0.3) is 11.1 Å². The lowest BCUT2D eigenvalue weighted by molar-refractivity contribution is -0.114. The van der Waals surface area contributed by atoms with E-state index >= 15 is 0 Å². The van der Waals surface area contributed by atoms with Gasteiger partial charge < -0.3 is 15.3 Å². The average Bonchev–Trinajstić information content (AvgIpc) is 2.63. The first kappa shape index (κ1) is 19.7. The standard InChI is InChI=1S/C20H15Cl2N3O3/c1-11(26)23-13-7-5-12(6-8-13)9-17-19(27)25-18(20(28)24-17)10-14-15(21)3-2-4-16(14)22/h2-10H,1H3,(H,23,26)(H,24,28)(H,25,27). The molecule has 0 bridgehead atoms. The number of hydrogen-bond acceptors (Lipinski definition) is 3.